The quantitative estimate of drug-likeness (QED) is 0.813. The lowest BCUT2D eigenvalue weighted by atomic mass is 9.64. The Morgan fingerprint density at radius 3 is 2.36 bits per heavy atom. The summed E-state index contributed by atoms with van der Waals surface area (Å²) in [6, 6.07) is 14.1. The van der Waals surface area contributed by atoms with Crippen LogP contribution in [-0.4, -0.2) is 24.0 Å². The topological polar surface area (TPSA) is 27.0 Å². The van der Waals surface area contributed by atoms with E-state index in [1.54, 1.807) is 0 Å². The highest BCUT2D eigenvalue weighted by atomic mass is 15.2. The van der Waals surface area contributed by atoms with E-state index in [2.05, 4.69) is 55.1 Å². The Morgan fingerprint density at radius 2 is 1.82 bits per heavy atom. The molecule has 1 saturated carbocycles. The molecule has 3 rings (SSSR count). The average molecular weight is 296 g/mol. The van der Waals surface area contributed by atoms with Gasteiger partial charge in [-0.15, -0.1) is 0 Å². The van der Waals surface area contributed by atoms with E-state index < -0.39 is 0 Å². The first-order chi connectivity index (χ1) is 10.6. The van der Waals surface area contributed by atoms with Crippen LogP contribution in [0.2, 0.25) is 0 Å². The van der Waals surface area contributed by atoms with Gasteiger partial charge in [0.15, 0.2) is 0 Å². The van der Waals surface area contributed by atoms with Gasteiger partial charge in [0.25, 0.3) is 0 Å². The fraction of sp³-hybridized carbons (Fsp3) is 0.650. The van der Waals surface area contributed by atoms with Crippen LogP contribution >= 0.6 is 0 Å². The van der Waals surface area contributed by atoms with Crippen LogP contribution < -0.4 is 0 Å². The summed E-state index contributed by atoms with van der Waals surface area (Å²) in [5.74, 6) is 1.36. The molecule has 2 fully saturated rings. The first-order valence-electron chi connectivity index (χ1n) is 8.80. The maximum atomic E-state index is 9.17. The van der Waals surface area contributed by atoms with Gasteiger partial charge in [0.1, 0.15) is 0 Å². The summed E-state index contributed by atoms with van der Waals surface area (Å²) in [6.45, 7) is 7.04. The second-order valence-corrected chi connectivity index (χ2v) is 7.64. The van der Waals surface area contributed by atoms with E-state index in [1.807, 2.05) is 0 Å². The SMILES string of the molecule is CC(C)C1(CC#N)CCC(N2CC(c3ccccc3)C2)CC1. The molecule has 2 nitrogen and oxygen atoms in total. The Kier molecular flexibility index (Phi) is 4.54. The summed E-state index contributed by atoms with van der Waals surface area (Å²) in [4.78, 5) is 2.67. The van der Waals surface area contributed by atoms with Crippen LogP contribution in [0.1, 0.15) is 57.4 Å². The smallest absolute Gasteiger partial charge is 0.0627 e. The third-order valence-corrected chi connectivity index (χ3v) is 6.30. The van der Waals surface area contributed by atoms with Crippen molar-refractivity contribution in [2.24, 2.45) is 11.3 Å². The molecular weight excluding hydrogens is 268 g/mol. The van der Waals surface area contributed by atoms with Gasteiger partial charge in [-0.25, -0.2) is 0 Å². The van der Waals surface area contributed by atoms with Gasteiger partial charge >= 0.3 is 0 Å². The van der Waals surface area contributed by atoms with E-state index >= 15 is 0 Å². The molecule has 0 aromatic heterocycles. The summed E-state index contributed by atoms with van der Waals surface area (Å²) in [5.41, 5.74) is 1.78. The molecule has 1 heterocycles. The zero-order valence-electron chi connectivity index (χ0n) is 14.0. The van der Waals surface area contributed by atoms with Crippen LogP contribution in [0.25, 0.3) is 0 Å². The average Bonchev–Trinajstić information content (AvgIpc) is 2.49. The number of hydrogen-bond donors (Lipinski definition) is 0. The molecule has 2 heteroatoms. The number of nitrogens with zero attached hydrogens (tertiary/aromatic N) is 2. The van der Waals surface area contributed by atoms with Crippen molar-refractivity contribution in [1.29, 1.82) is 5.26 Å². The van der Waals surface area contributed by atoms with Crippen molar-refractivity contribution < 1.29 is 0 Å². The van der Waals surface area contributed by atoms with Gasteiger partial charge < -0.3 is 0 Å². The number of hydrogen-bond acceptors (Lipinski definition) is 2. The molecule has 0 radical (unpaired) electrons. The molecule has 1 aromatic carbocycles. The third-order valence-electron chi connectivity index (χ3n) is 6.30. The van der Waals surface area contributed by atoms with Crippen LogP contribution in [-0.2, 0) is 0 Å². The van der Waals surface area contributed by atoms with Gasteiger partial charge in [-0.05, 0) is 42.6 Å². The lowest BCUT2D eigenvalue weighted by Gasteiger charge is -2.50. The van der Waals surface area contributed by atoms with Crippen molar-refractivity contribution in [3.05, 3.63) is 35.9 Å². The molecule has 1 aromatic rings. The zero-order chi connectivity index (χ0) is 15.6. The highest BCUT2D eigenvalue weighted by Crippen LogP contribution is 2.47. The Balaban J connectivity index is 1.52. The Bertz CT molecular complexity index is 514. The van der Waals surface area contributed by atoms with Gasteiger partial charge in [-0.2, -0.15) is 5.26 Å². The van der Waals surface area contributed by atoms with Crippen LogP contribution in [0.15, 0.2) is 30.3 Å². The van der Waals surface area contributed by atoms with E-state index in [0.717, 1.165) is 18.4 Å². The molecule has 0 amide bonds. The molecule has 1 aliphatic carbocycles. The maximum Gasteiger partial charge on any atom is 0.0627 e. The monoisotopic (exact) mass is 296 g/mol. The second kappa shape index (κ2) is 6.42. The molecule has 2 aliphatic rings. The fourth-order valence-corrected chi connectivity index (χ4v) is 4.41. The zero-order valence-corrected chi connectivity index (χ0v) is 14.0. The van der Waals surface area contributed by atoms with E-state index in [9.17, 15) is 0 Å². The van der Waals surface area contributed by atoms with E-state index in [-0.39, 0.29) is 5.41 Å². The third kappa shape index (κ3) is 2.92. The molecule has 0 spiro atoms. The van der Waals surface area contributed by atoms with Gasteiger partial charge in [-0.1, -0.05) is 44.2 Å². The molecule has 1 aliphatic heterocycles. The minimum absolute atomic E-state index is 0.287. The number of likely N-dealkylation sites (tertiary alicyclic amines) is 1. The molecule has 0 unspecified atom stereocenters. The lowest BCUT2D eigenvalue weighted by molar-refractivity contribution is 0.0194. The number of benzene rings is 1. The highest BCUT2D eigenvalue weighted by molar-refractivity contribution is 5.23. The van der Waals surface area contributed by atoms with Gasteiger partial charge in [-0.3, -0.25) is 4.90 Å². The summed E-state index contributed by atoms with van der Waals surface area (Å²) in [6.07, 6.45) is 5.76. The van der Waals surface area contributed by atoms with Crippen molar-refractivity contribution in [3.63, 3.8) is 0 Å². The minimum atomic E-state index is 0.287. The predicted octanol–water partition coefficient (Wildman–Crippen LogP) is 4.58. The van der Waals surface area contributed by atoms with Crippen molar-refractivity contribution in [3.8, 4) is 6.07 Å². The van der Waals surface area contributed by atoms with Crippen molar-refractivity contribution >= 4 is 0 Å². The number of nitriles is 1. The van der Waals surface area contributed by atoms with E-state index in [4.69, 9.17) is 5.26 Å². The van der Waals surface area contributed by atoms with Gasteiger partial charge in [0, 0.05) is 31.5 Å². The lowest BCUT2D eigenvalue weighted by Crippen LogP contribution is -2.52. The Morgan fingerprint density at radius 1 is 1.18 bits per heavy atom. The van der Waals surface area contributed by atoms with Gasteiger partial charge in [0.2, 0.25) is 0 Å². The summed E-state index contributed by atoms with van der Waals surface area (Å²) in [7, 11) is 0. The predicted molar refractivity (Wildman–Crippen MR) is 90.5 cm³/mol. The summed E-state index contributed by atoms with van der Waals surface area (Å²) < 4.78 is 0. The Hall–Kier alpha value is -1.33. The molecule has 118 valence electrons. The van der Waals surface area contributed by atoms with Crippen LogP contribution in [0.5, 0.6) is 0 Å². The largest absolute Gasteiger partial charge is 0.299 e. The summed E-state index contributed by atoms with van der Waals surface area (Å²) >= 11 is 0. The molecule has 22 heavy (non-hydrogen) atoms. The molecule has 0 atom stereocenters. The van der Waals surface area contributed by atoms with Crippen LogP contribution in [0, 0.1) is 22.7 Å². The van der Waals surface area contributed by atoms with Crippen LogP contribution in [0.3, 0.4) is 0 Å². The minimum Gasteiger partial charge on any atom is -0.299 e. The maximum absolute atomic E-state index is 9.17. The van der Waals surface area contributed by atoms with Crippen LogP contribution in [0.4, 0.5) is 0 Å². The molecule has 0 bridgehead atoms. The van der Waals surface area contributed by atoms with Gasteiger partial charge in [0.05, 0.1) is 6.07 Å². The van der Waals surface area contributed by atoms with Crippen molar-refractivity contribution in [2.45, 2.75) is 57.9 Å². The van der Waals surface area contributed by atoms with Crippen molar-refractivity contribution in [1.82, 2.24) is 4.90 Å². The first kappa shape index (κ1) is 15.6. The second-order valence-electron chi connectivity index (χ2n) is 7.64. The normalized spacial score (nSPS) is 30.0. The molecular formula is C20H28N2. The number of rotatable bonds is 4. The standard InChI is InChI=1S/C20H28N2/c1-16(2)20(12-13-21)10-8-19(9-11-20)22-14-18(15-22)17-6-4-3-5-7-17/h3-7,16,18-19H,8-12,14-15H2,1-2H3. The fourth-order valence-electron chi connectivity index (χ4n) is 4.41. The first-order valence-corrected chi connectivity index (χ1v) is 8.80. The molecule has 0 N–H and O–H groups in total. The summed E-state index contributed by atoms with van der Waals surface area (Å²) in [5, 5.41) is 9.17. The van der Waals surface area contributed by atoms with Crippen molar-refractivity contribution in [2.75, 3.05) is 13.1 Å². The molecule has 1 saturated heterocycles. The Labute approximate surface area is 135 Å². The van der Waals surface area contributed by atoms with E-state index in [1.165, 1.54) is 44.3 Å². The highest BCUT2D eigenvalue weighted by Gasteiger charge is 2.41. The van der Waals surface area contributed by atoms with E-state index in [0.29, 0.717) is 5.92 Å².